The van der Waals surface area contributed by atoms with Crippen LogP contribution in [0.15, 0.2) is 0 Å². The maximum Gasteiger partial charge on any atom is 0.164 e. The Kier molecular flexibility index (Phi) is 4.34. The van der Waals surface area contributed by atoms with Gasteiger partial charge < -0.3 is 4.74 Å². The summed E-state index contributed by atoms with van der Waals surface area (Å²) in [5.41, 5.74) is -0.204. The normalized spacial score (nSPS) is 11.6. The second kappa shape index (κ2) is 4.50. The van der Waals surface area contributed by atoms with Crippen molar-refractivity contribution < 1.29 is 9.53 Å². The minimum absolute atomic E-state index is 0.196. The molecule has 0 saturated carbocycles. The van der Waals surface area contributed by atoms with E-state index < -0.39 is 0 Å². The van der Waals surface area contributed by atoms with Crippen molar-refractivity contribution in [3.8, 4) is 0 Å². The molecular formula is C9H18O2. The molecule has 0 bridgehead atoms. The fraction of sp³-hybridized carbons (Fsp3) is 0.889. The van der Waals surface area contributed by atoms with Crippen LogP contribution in [0.2, 0.25) is 0 Å². The van der Waals surface area contributed by atoms with Gasteiger partial charge in [-0.1, -0.05) is 27.2 Å². The largest absolute Gasteiger partial charge is 0.377 e. The van der Waals surface area contributed by atoms with Crippen LogP contribution in [-0.4, -0.2) is 19.5 Å². The number of hydrogen-bond donors (Lipinski definition) is 0. The number of methoxy groups -OCH3 is 1. The zero-order valence-corrected chi connectivity index (χ0v) is 7.94. The summed E-state index contributed by atoms with van der Waals surface area (Å²) in [4.78, 5) is 11.3. The van der Waals surface area contributed by atoms with Gasteiger partial charge in [-0.25, -0.2) is 0 Å². The molecule has 0 radical (unpaired) electrons. The standard InChI is InChI=1S/C9H18O2/c1-5-6-9(2,3)8(10)7-11-4/h5-7H2,1-4H3. The van der Waals surface area contributed by atoms with E-state index >= 15 is 0 Å². The molecule has 0 heterocycles. The molecule has 0 unspecified atom stereocenters. The highest BCUT2D eigenvalue weighted by Gasteiger charge is 2.25. The Balaban J connectivity index is 3.94. The van der Waals surface area contributed by atoms with Crippen molar-refractivity contribution in [3.63, 3.8) is 0 Å². The predicted octanol–water partition coefficient (Wildman–Crippen LogP) is 2.03. The van der Waals surface area contributed by atoms with Gasteiger partial charge in [0, 0.05) is 12.5 Å². The molecule has 2 nitrogen and oxygen atoms in total. The van der Waals surface area contributed by atoms with E-state index in [0.29, 0.717) is 0 Å². The second-order valence-electron chi connectivity index (χ2n) is 3.49. The SMILES string of the molecule is CCCC(C)(C)C(=O)COC. The number of carbonyl (C=O) groups is 1. The molecule has 0 aromatic heterocycles. The summed E-state index contributed by atoms with van der Waals surface area (Å²) in [5, 5.41) is 0. The van der Waals surface area contributed by atoms with E-state index in [0.717, 1.165) is 12.8 Å². The summed E-state index contributed by atoms with van der Waals surface area (Å²) < 4.78 is 4.79. The zero-order chi connectivity index (χ0) is 8.91. The summed E-state index contributed by atoms with van der Waals surface area (Å²) in [6.45, 7) is 6.27. The maximum atomic E-state index is 11.3. The fourth-order valence-corrected chi connectivity index (χ4v) is 1.09. The lowest BCUT2D eigenvalue weighted by molar-refractivity contribution is -0.131. The summed E-state index contributed by atoms with van der Waals surface area (Å²) in [7, 11) is 1.56. The molecule has 66 valence electrons. The molecule has 2 heteroatoms. The average molecular weight is 158 g/mol. The van der Waals surface area contributed by atoms with E-state index in [-0.39, 0.29) is 17.8 Å². The Morgan fingerprint density at radius 1 is 1.45 bits per heavy atom. The highest BCUT2D eigenvalue weighted by atomic mass is 16.5. The van der Waals surface area contributed by atoms with E-state index in [1.807, 2.05) is 13.8 Å². The van der Waals surface area contributed by atoms with Crippen molar-refractivity contribution in [2.24, 2.45) is 5.41 Å². The van der Waals surface area contributed by atoms with E-state index in [2.05, 4.69) is 6.92 Å². The monoisotopic (exact) mass is 158 g/mol. The van der Waals surface area contributed by atoms with Crippen LogP contribution >= 0.6 is 0 Å². The first kappa shape index (κ1) is 10.6. The van der Waals surface area contributed by atoms with Crippen molar-refractivity contribution in [1.29, 1.82) is 0 Å². The number of Topliss-reactive ketones (excluding diaryl/α,β-unsaturated/α-hetero) is 1. The lowest BCUT2D eigenvalue weighted by atomic mass is 9.84. The number of carbonyl (C=O) groups excluding carboxylic acids is 1. The smallest absolute Gasteiger partial charge is 0.164 e. The zero-order valence-electron chi connectivity index (χ0n) is 7.94. The van der Waals surface area contributed by atoms with Crippen LogP contribution in [0, 0.1) is 5.41 Å². The first-order valence-corrected chi connectivity index (χ1v) is 4.07. The Bertz CT molecular complexity index is 128. The molecule has 0 aromatic carbocycles. The minimum atomic E-state index is -0.204. The number of ether oxygens (including phenoxy) is 1. The van der Waals surface area contributed by atoms with Crippen molar-refractivity contribution >= 4 is 5.78 Å². The maximum absolute atomic E-state index is 11.3. The van der Waals surface area contributed by atoms with Gasteiger partial charge in [-0.3, -0.25) is 4.79 Å². The van der Waals surface area contributed by atoms with Crippen molar-refractivity contribution in [3.05, 3.63) is 0 Å². The van der Waals surface area contributed by atoms with E-state index in [9.17, 15) is 4.79 Å². The van der Waals surface area contributed by atoms with E-state index in [4.69, 9.17) is 4.74 Å². The Morgan fingerprint density at radius 3 is 2.36 bits per heavy atom. The second-order valence-corrected chi connectivity index (χ2v) is 3.49. The lowest BCUT2D eigenvalue weighted by Crippen LogP contribution is -2.27. The first-order valence-electron chi connectivity index (χ1n) is 4.07. The molecule has 0 aliphatic rings. The van der Waals surface area contributed by atoms with Crippen molar-refractivity contribution in [2.45, 2.75) is 33.6 Å². The third-order valence-electron chi connectivity index (χ3n) is 1.91. The molecule has 0 fully saturated rings. The van der Waals surface area contributed by atoms with Crippen molar-refractivity contribution in [2.75, 3.05) is 13.7 Å². The van der Waals surface area contributed by atoms with Crippen LogP contribution in [0.5, 0.6) is 0 Å². The molecule has 0 N–H and O–H groups in total. The average Bonchev–Trinajstić information content (AvgIpc) is 1.88. The van der Waals surface area contributed by atoms with Crippen LogP contribution in [-0.2, 0) is 9.53 Å². The van der Waals surface area contributed by atoms with Crippen molar-refractivity contribution in [1.82, 2.24) is 0 Å². The molecule has 0 saturated heterocycles. The van der Waals surface area contributed by atoms with E-state index in [1.54, 1.807) is 7.11 Å². The summed E-state index contributed by atoms with van der Waals surface area (Å²) >= 11 is 0. The van der Waals surface area contributed by atoms with Gasteiger partial charge in [0.05, 0.1) is 0 Å². The van der Waals surface area contributed by atoms with Gasteiger partial charge in [0.15, 0.2) is 5.78 Å². The fourth-order valence-electron chi connectivity index (χ4n) is 1.09. The van der Waals surface area contributed by atoms with Crippen LogP contribution < -0.4 is 0 Å². The Hall–Kier alpha value is -0.370. The van der Waals surface area contributed by atoms with Crippen LogP contribution in [0.4, 0.5) is 0 Å². The van der Waals surface area contributed by atoms with Gasteiger partial charge in [-0.05, 0) is 6.42 Å². The summed E-state index contributed by atoms with van der Waals surface area (Å²) in [6.07, 6.45) is 1.98. The topological polar surface area (TPSA) is 26.3 Å². The first-order chi connectivity index (χ1) is 5.04. The van der Waals surface area contributed by atoms with E-state index in [1.165, 1.54) is 0 Å². The molecule has 0 rings (SSSR count). The molecule has 11 heavy (non-hydrogen) atoms. The number of hydrogen-bond acceptors (Lipinski definition) is 2. The van der Waals surface area contributed by atoms with Gasteiger partial charge >= 0.3 is 0 Å². The van der Waals surface area contributed by atoms with Gasteiger partial charge in [0.25, 0.3) is 0 Å². The Labute approximate surface area is 68.9 Å². The molecule has 0 atom stereocenters. The van der Waals surface area contributed by atoms with Gasteiger partial charge in [0.1, 0.15) is 6.61 Å². The third kappa shape index (κ3) is 3.51. The number of rotatable bonds is 5. The molecular weight excluding hydrogens is 140 g/mol. The number of ketones is 1. The van der Waals surface area contributed by atoms with Crippen LogP contribution in [0.3, 0.4) is 0 Å². The third-order valence-corrected chi connectivity index (χ3v) is 1.91. The minimum Gasteiger partial charge on any atom is -0.377 e. The lowest BCUT2D eigenvalue weighted by Gasteiger charge is -2.21. The summed E-state index contributed by atoms with van der Waals surface area (Å²) in [6, 6.07) is 0. The molecule has 0 amide bonds. The Morgan fingerprint density at radius 2 is 2.00 bits per heavy atom. The summed E-state index contributed by atoms with van der Waals surface area (Å²) in [5.74, 6) is 0.196. The van der Waals surface area contributed by atoms with Crippen LogP contribution in [0.1, 0.15) is 33.6 Å². The van der Waals surface area contributed by atoms with Crippen LogP contribution in [0.25, 0.3) is 0 Å². The quantitative estimate of drug-likeness (QED) is 0.612. The molecule has 0 aliphatic carbocycles. The predicted molar refractivity (Wildman–Crippen MR) is 45.6 cm³/mol. The molecule has 0 spiro atoms. The van der Waals surface area contributed by atoms with Gasteiger partial charge in [0.2, 0.25) is 0 Å². The molecule has 0 aliphatic heterocycles. The molecule has 0 aromatic rings. The van der Waals surface area contributed by atoms with Gasteiger partial charge in [-0.15, -0.1) is 0 Å². The van der Waals surface area contributed by atoms with Gasteiger partial charge in [-0.2, -0.15) is 0 Å². The highest BCUT2D eigenvalue weighted by molar-refractivity contribution is 5.85. The highest BCUT2D eigenvalue weighted by Crippen LogP contribution is 2.23.